The third-order valence-electron chi connectivity index (χ3n) is 2.72. The lowest BCUT2D eigenvalue weighted by molar-refractivity contribution is 0.559. The normalized spacial score (nSPS) is 11.4. The number of hydrogen-bond donors (Lipinski definition) is 0. The lowest BCUT2D eigenvalue weighted by Crippen LogP contribution is -2.14. The maximum Gasteiger partial charge on any atom is 0.150 e. The van der Waals surface area contributed by atoms with Crippen LogP contribution in [-0.2, 0) is 5.41 Å². The molecule has 0 unspecified atom stereocenters. The van der Waals surface area contributed by atoms with Crippen molar-refractivity contribution in [3.8, 4) is 11.8 Å². The molecule has 0 fully saturated rings. The fraction of sp³-hybridized carbons (Fsp3) is 0.286. The fourth-order valence-corrected chi connectivity index (χ4v) is 2.04. The SMILES string of the molecule is CC(C)(C)c1nn(-c2ccc(F)cc2)c(Cl)c1C#N. The Bertz CT molecular complexity index is 645. The van der Waals surface area contributed by atoms with Crippen molar-refractivity contribution in [1.29, 1.82) is 5.26 Å². The molecule has 0 radical (unpaired) electrons. The predicted molar refractivity (Wildman–Crippen MR) is 71.9 cm³/mol. The van der Waals surface area contributed by atoms with Gasteiger partial charge in [0.15, 0.2) is 5.15 Å². The van der Waals surface area contributed by atoms with Gasteiger partial charge in [-0.1, -0.05) is 32.4 Å². The molecule has 0 amide bonds. The van der Waals surface area contributed by atoms with Crippen LogP contribution in [-0.4, -0.2) is 9.78 Å². The molecule has 98 valence electrons. The van der Waals surface area contributed by atoms with Gasteiger partial charge in [0.25, 0.3) is 0 Å². The van der Waals surface area contributed by atoms with E-state index in [1.807, 2.05) is 20.8 Å². The molecule has 0 bridgehead atoms. The van der Waals surface area contributed by atoms with Crippen LogP contribution in [0.4, 0.5) is 4.39 Å². The molecule has 0 spiro atoms. The van der Waals surface area contributed by atoms with E-state index in [0.717, 1.165) is 0 Å². The Hall–Kier alpha value is -1.86. The van der Waals surface area contributed by atoms with Crippen molar-refractivity contribution in [2.45, 2.75) is 26.2 Å². The topological polar surface area (TPSA) is 41.6 Å². The molecule has 0 aliphatic rings. The van der Waals surface area contributed by atoms with Gasteiger partial charge in [-0.3, -0.25) is 0 Å². The van der Waals surface area contributed by atoms with Crippen LogP contribution in [0.25, 0.3) is 5.69 Å². The maximum absolute atomic E-state index is 12.9. The van der Waals surface area contributed by atoms with E-state index in [9.17, 15) is 9.65 Å². The van der Waals surface area contributed by atoms with Crippen LogP contribution in [0, 0.1) is 17.1 Å². The molecule has 1 aromatic carbocycles. The summed E-state index contributed by atoms with van der Waals surface area (Å²) in [5, 5.41) is 13.9. The summed E-state index contributed by atoms with van der Waals surface area (Å²) >= 11 is 6.19. The second kappa shape index (κ2) is 4.67. The Morgan fingerprint density at radius 3 is 2.26 bits per heavy atom. The van der Waals surface area contributed by atoms with Crippen molar-refractivity contribution in [3.05, 3.63) is 46.5 Å². The zero-order chi connectivity index (χ0) is 14.2. The first-order chi connectivity index (χ1) is 8.84. The van der Waals surface area contributed by atoms with Crippen molar-refractivity contribution in [2.24, 2.45) is 0 Å². The van der Waals surface area contributed by atoms with E-state index in [1.165, 1.54) is 16.8 Å². The zero-order valence-corrected chi connectivity index (χ0v) is 11.7. The Kier molecular flexibility index (Phi) is 3.34. The third kappa shape index (κ3) is 2.47. The molecule has 5 heteroatoms. The summed E-state index contributed by atoms with van der Waals surface area (Å²) in [5.74, 6) is -0.330. The van der Waals surface area contributed by atoms with E-state index in [-0.39, 0.29) is 16.4 Å². The molecule has 0 saturated heterocycles. The number of aromatic nitrogens is 2. The molecule has 0 atom stereocenters. The highest BCUT2D eigenvalue weighted by molar-refractivity contribution is 6.31. The Labute approximate surface area is 116 Å². The lowest BCUT2D eigenvalue weighted by Gasteiger charge is -2.15. The van der Waals surface area contributed by atoms with Gasteiger partial charge in [-0.15, -0.1) is 0 Å². The second-order valence-electron chi connectivity index (χ2n) is 5.26. The van der Waals surface area contributed by atoms with Gasteiger partial charge in [0.1, 0.15) is 17.4 Å². The minimum absolute atomic E-state index is 0.249. The van der Waals surface area contributed by atoms with E-state index in [0.29, 0.717) is 16.9 Å². The highest BCUT2D eigenvalue weighted by atomic mass is 35.5. The average Bonchev–Trinajstić information content (AvgIpc) is 2.67. The fourth-order valence-electron chi connectivity index (χ4n) is 1.77. The largest absolute Gasteiger partial charge is 0.221 e. The van der Waals surface area contributed by atoms with E-state index in [1.54, 1.807) is 12.1 Å². The molecule has 0 saturated carbocycles. The molecule has 0 aliphatic heterocycles. The Morgan fingerprint density at radius 1 is 1.26 bits per heavy atom. The van der Waals surface area contributed by atoms with Gasteiger partial charge in [0.2, 0.25) is 0 Å². The lowest BCUT2D eigenvalue weighted by atomic mass is 9.90. The van der Waals surface area contributed by atoms with Crippen LogP contribution in [0.1, 0.15) is 32.0 Å². The maximum atomic E-state index is 12.9. The summed E-state index contributed by atoms with van der Waals surface area (Å²) in [6, 6.07) is 7.88. The third-order valence-corrected chi connectivity index (χ3v) is 3.07. The van der Waals surface area contributed by atoms with Crippen LogP contribution in [0.15, 0.2) is 24.3 Å². The van der Waals surface area contributed by atoms with Gasteiger partial charge < -0.3 is 0 Å². The molecule has 2 aromatic rings. The molecular formula is C14H13ClFN3. The van der Waals surface area contributed by atoms with Crippen molar-refractivity contribution < 1.29 is 4.39 Å². The Balaban J connectivity index is 2.64. The number of hydrogen-bond acceptors (Lipinski definition) is 2. The van der Waals surface area contributed by atoms with Crippen molar-refractivity contribution in [3.63, 3.8) is 0 Å². The zero-order valence-electron chi connectivity index (χ0n) is 10.9. The van der Waals surface area contributed by atoms with E-state index >= 15 is 0 Å². The predicted octanol–water partition coefficient (Wildman–Crippen LogP) is 3.83. The van der Waals surface area contributed by atoms with Gasteiger partial charge in [0.05, 0.1) is 11.4 Å². The number of benzene rings is 1. The molecular weight excluding hydrogens is 265 g/mol. The van der Waals surface area contributed by atoms with Crippen LogP contribution >= 0.6 is 11.6 Å². The highest BCUT2D eigenvalue weighted by Crippen LogP contribution is 2.31. The first kappa shape index (κ1) is 13.6. The van der Waals surface area contributed by atoms with Gasteiger partial charge in [-0.25, -0.2) is 9.07 Å². The highest BCUT2D eigenvalue weighted by Gasteiger charge is 2.26. The molecule has 1 aromatic heterocycles. The standard InChI is InChI=1S/C14H13ClFN3/c1-14(2,3)12-11(8-17)13(15)19(18-12)10-6-4-9(16)5-7-10/h4-7H,1-3H3. The van der Waals surface area contributed by atoms with Crippen molar-refractivity contribution >= 4 is 11.6 Å². The van der Waals surface area contributed by atoms with E-state index in [2.05, 4.69) is 11.2 Å². The molecule has 3 nitrogen and oxygen atoms in total. The molecule has 1 heterocycles. The van der Waals surface area contributed by atoms with E-state index in [4.69, 9.17) is 11.6 Å². The summed E-state index contributed by atoms with van der Waals surface area (Å²) in [4.78, 5) is 0. The van der Waals surface area contributed by atoms with Crippen LogP contribution in [0.2, 0.25) is 5.15 Å². The quantitative estimate of drug-likeness (QED) is 0.795. The van der Waals surface area contributed by atoms with Crippen LogP contribution < -0.4 is 0 Å². The molecule has 0 aliphatic carbocycles. The van der Waals surface area contributed by atoms with Crippen molar-refractivity contribution in [1.82, 2.24) is 9.78 Å². The first-order valence-electron chi connectivity index (χ1n) is 5.79. The van der Waals surface area contributed by atoms with Gasteiger partial charge in [-0.2, -0.15) is 10.4 Å². The summed E-state index contributed by atoms with van der Waals surface area (Å²) in [7, 11) is 0. The van der Waals surface area contributed by atoms with Gasteiger partial charge in [-0.05, 0) is 24.3 Å². The number of halogens is 2. The number of nitriles is 1. The second-order valence-corrected chi connectivity index (χ2v) is 5.62. The van der Waals surface area contributed by atoms with Gasteiger partial charge >= 0.3 is 0 Å². The van der Waals surface area contributed by atoms with Gasteiger partial charge in [0, 0.05) is 5.41 Å². The van der Waals surface area contributed by atoms with Crippen molar-refractivity contribution in [2.75, 3.05) is 0 Å². The summed E-state index contributed by atoms with van der Waals surface area (Å²) < 4.78 is 14.4. The van der Waals surface area contributed by atoms with E-state index < -0.39 is 0 Å². The molecule has 0 N–H and O–H groups in total. The first-order valence-corrected chi connectivity index (χ1v) is 6.17. The van der Waals surface area contributed by atoms with Crippen LogP contribution in [0.3, 0.4) is 0 Å². The van der Waals surface area contributed by atoms with Crippen LogP contribution in [0.5, 0.6) is 0 Å². The molecule has 2 rings (SSSR count). The summed E-state index contributed by atoms with van der Waals surface area (Å²) in [5.41, 5.74) is 1.32. The summed E-state index contributed by atoms with van der Waals surface area (Å²) in [6.45, 7) is 5.88. The molecule has 19 heavy (non-hydrogen) atoms. The monoisotopic (exact) mass is 277 g/mol. The minimum atomic E-state index is -0.330. The smallest absolute Gasteiger partial charge is 0.150 e. The number of nitrogens with zero attached hydrogens (tertiary/aromatic N) is 3. The minimum Gasteiger partial charge on any atom is -0.221 e. The number of rotatable bonds is 1. The average molecular weight is 278 g/mol. The Morgan fingerprint density at radius 2 is 1.84 bits per heavy atom. The summed E-state index contributed by atoms with van der Waals surface area (Å²) in [6.07, 6.45) is 0.